The standard InChI is InChI=1S/C24H26N6O2/c1-17-14-28-23(26-11-10-19-6-4-3-5-7-19)24(32)30(17)16-22(31)27-15-20-8-9-21-25-12-13-29(21)18(20)2/h3-9,12-14H,10-11,15-16H2,1-2H3,(H,26,28)(H,27,31). The number of rotatable bonds is 8. The van der Waals surface area contributed by atoms with Gasteiger partial charge in [0, 0.05) is 43.1 Å². The van der Waals surface area contributed by atoms with Gasteiger partial charge in [0.1, 0.15) is 12.2 Å². The molecule has 0 atom stereocenters. The van der Waals surface area contributed by atoms with E-state index in [2.05, 4.69) is 20.6 Å². The highest BCUT2D eigenvalue weighted by molar-refractivity contribution is 5.76. The number of hydrogen-bond donors (Lipinski definition) is 2. The Bertz CT molecular complexity index is 1290. The van der Waals surface area contributed by atoms with Crippen LogP contribution in [0, 0.1) is 13.8 Å². The number of carbonyl (C=O) groups is 1. The van der Waals surface area contributed by atoms with Crippen LogP contribution in [-0.4, -0.2) is 31.4 Å². The average molecular weight is 431 g/mol. The number of benzene rings is 1. The lowest BCUT2D eigenvalue weighted by Crippen LogP contribution is -2.34. The summed E-state index contributed by atoms with van der Waals surface area (Å²) >= 11 is 0. The van der Waals surface area contributed by atoms with Gasteiger partial charge in [-0.05, 0) is 37.5 Å². The Balaban J connectivity index is 1.39. The van der Waals surface area contributed by atoms with Gasteiger partial charge in [0.05, 0.1) is 0 Å². The third-order valence-electron chi connectivity index (χ3n) is 5.51. The van der Waals surface area contributed by atoms with Crippen molar-refractivity contribution in [2.75, 3.05) is 11.9 Å². The van der Waals surface area contributed by atoms with Gasteiger partial charge in [-0.3, -0.25) is 14.2 Å². The topological polar surface area (TPSA) is 93.3 Å². The number of pyridine rings is 1. The Hall–Kier alpha value is -3.94. The highest BCUT2D eigenvalue weighted by Gasteiger charge is 2.12. The molecule has 8 heteroatoms. The Morgan fingerprint density at radius 2 is 1.88 bits per heavy atom. The zero-order chi connectivity index (χ0) is 22.5. The summed E-state index contributed by atoms with van der Waals surface area (Å²) in [5, 5.41) is 6.01. The summed E-state index contributed by atoms with van der Waals surface area (Å²) in [4.78, 5) is 33.9. The van der Waals surface area contributed by atoms with E-state index in [0.29, 0.717) is 18.8 Å². The van der Waals surface area contributed by atoms with Gasteiger partial charge in [0.15, 0.2) is 5.82 Å². The summed E-state index contributed by atoms with van der Waals surface area (Å²) in [6, 6.07) is 13.9. The number of nitrogens with one attached hydrogen (secondary N) is 2. The van der Waals surface area contributed by atoms with Gasteiger partial charge in [-0.1, -0.05) is 36.4 Å². The van der Waals surface area contributed by atoms with Crippen LogP contribution in [-0.2, 0) is 24.3 Å². The van der Waals surface area contributed by atoms with Crippen molar-refractivity contribution in [1.29, 1.82) is 0 Å². The number of amides is 1. The van der Waals surface area contributed by atoms with E-state index in [1.54, 1.807) is 19.3 Å². The van der Waals surface area contributed by atoms with Gasteiger partial charge in [-0.2, -0.15) is 0 Å². The molecule has 32 heavy (non-hydrogen) atoms. The molecule has 0 aliphatic heterocycles. The quantitative estimate of drug-likeness (QED) is 0.448. The summed E-state index contributed by atoms with van der Waals surface area (Å²) in [5.74, 6) is 0.0162. The number of aryl methyl sites for hydroxylation is 2. The number of anilines is 1. The summed E-state index contributed by atoms with van der Waals surface area (Å²) in [7, 11) is 0. The maximum atomic E-state index is 12.9. The fourth-order valence-corrected chi connectivity index (χ4v) is 3.61. The summed E-state index contributed by atoms with van der Waals surface area (Å²) in [6.45, 7) is 4.65. The van der Waals surface area contributed by atoms with Gasteiger partial charge in [-0.15, -0.1) is 0 Å². The van der Waals surface area contributed by atoms with Gasteiger partial charge >= 0.3 is 0 Å². The minimum atomic E-state index is -0.302. The fourth-order valence-electron chi connectivity index (χ4n) is 3.61. The van der Waals surface area contributed by atoms with Crippen molar-refractivity contribution in [3.05, 3.63) is 93.9 Å². The lowest BCUT2D eigenvalue weighted by molar-refractivity contribution is -0.121. The van der Waals surface area contributed by atoms with E-state index >= 15 is 0 Å². The summed E-state index contributed by atoms with van der Waals surface area (Å²) < 4.78 is 3.42. The normalized spacial score (nSPS) is 10.9. The second-order valence-electron chi connectivity index (χ2n) is 7.68. The predicted molar refractivity (Wildman–Crippen MR) is 124 cm³/mol. The van der Waals surface area contributed by atoms with Gasteiger partial charge in [0.2, 0.25) is 5.91 Å². The number of imidazole rings is 1. The molecule has 0 bridgehead atoms. The smallest absolute Gasteiger partial charge is 0.293 e. The number of carbonyl (C=O) groups excluding carboxylic acids is 1. The van der Waals surface area contributed by atoms with Crippen molar-refractivity contribution in [2.45, 2.75) is 33.4 Å². The van der Waals surface area contributed by atoms with Crippen molar-refractivity contribution >= 4 is 17.4 Å². The van der Waals surface area contributed by atoms with Crippen LogP contribution in [0.25, 0.3) is 5.65 Å². The largest absolute Gasteiger partial charge is 0.365 e. The monoisotopic (exact) mass is 430 g/mol. The zero-order valence-corrected chi connectivity index (χ0v) is 18.2. The van der Waals surface area contributed by atoms with Crippen LogP contribution < -0.4 is 16.2 Å². The molecule has 0 saturated heterocycles. The first-order valence-electron chi connectivity index (χ1n) is 10.6. The maximum absolute atomic E-state index is 12.9. The minimum absolute atomic E-state index is 0.0626. The van der Waals surface area contributed by atoms with E-state index in [0.717, 1.165) is 23.3 Å². The van der Waals surface area contributed by atoms with Crippen molar-refractivity contribution in [3.8, 4) is 0 Å². The van der Waals surface area contributed by atoms with Crippen molar-refractivity contribution < 1.29 is 4.79 Å². The summed E-state index contributed by atoms with van der Waals surface area (Å²) in [5.41, 5.74) is 4.38. The van der Waals surface area contributed by atoms with Crippen LogP contribution in [0.5, 0.6) is 0 Å². The lowest BCUT2D eigenvalue weighted by Gasteiger charge is -2.13. The predicted octanol–water partition coefficient (Wildman–Crippen LogP) is 2.48. The molecule has 0 aliphatic carbocycles. The Labute approximate surface area is 186 Å². The second kappa shape index (κ2) is 9.47. The highest BCUT2D eigenvalue weighted by atomic mass is 16.2. The van der Waals surface area contributed by atoms with Crippen LogP contribution in [0.2, 0.25) is 0 Å². The van der Waals surface area contributed by atoms with E-state index < -0.39 is 0 Å². The van der Waals surface area contributed by atoms with Gasteiger partial charge < -0.3 is 15.0 Å². The van der Waals surface area contributed by atoms with Crippen molar-refractivity contribution in [3.63, 3.8) is 0 Å². The molecule has 1 amide bonds. The minimum Gasteiger partial charge on any atom is -0.365 e. The Morgan fingerprint density at radius 1 is 1.06 bits per heavy atom. The lowest BCUT2D eigenvalue weighted by atomic mass is 10.1. The molecule has 8 nitrogen and oxygen atoms in total. The Kier molecular flexibility index (Phi) is 6.30. The van der Waals surface area contributed by atoms with Gasteiger partial charge in [-0.25, -0.2) is 9.97 Å². The SMILES string of the molecule is Cc1cnc(NCCc2ccccc2)c(=O)n1CC(=O)NCc1ccc2nccn2c1C. The number of fused-ring (bicyclic) bond motifs is 1. The van der Waals surface area contributed by atoms with E-state index in [1.807, 2.05) is 60.0 Å². The third kappa shape index (κ3) is 4.69. The molecule has 4 aromatic rings. The molecule has 2 N–H and O–H groups in total. The number of aromatic nitrogens is 4. The molecule has 0 fully saturated rings. The molecule has 0 saturated carbocycles. The third-order valence-corrected chi connectivity index (χ3v) is 5.51. The molecule has 164 valence electrons. The average Bonchev–Trinajstić information content (AvgIpc) is 3.28. The highest BCUT2D eigenvalue weighted by Crippen LogP contribution is 2.11. The van der Waals surface area contributed by atoms with Crippen LogP contribution in [0.1, 0.15) is 22.5 Å². The summed E-state index contributed by atoms with van der Waals surface area (Å²) in [6.07, 6.45) is 6.02. The molecule has 4 rings (SSSR count). The fraction of sp³-hybridized carbons (Fsp3) is 0.250. The van der Waals surface area contributed by atoms with Crippen LogP contribution >= 0.6 is 0 Å². The molecule has 3 heterocycles. The Morgan fingerprint density at radius 3 is 2.69 bits per heavy atom. The first kappa shape index (κ1) is 21.3. The van der Waals surface area contributed by atoms with E-state index in [1.165, 1.54) is 10.1 Å². The molecule has 0 aliphatic rings. The van der Waals surface area contributed by atoms with E-state index in [-0.39, 0.29) is 23.8 Å². The molecule has 1 aromatic carbocycles. The van der Waals surface area contributed by atoms with Gasteiger partial charge in [0.25, 0.3) is 5.56 Å². The van der Waals surface area contributed by atoms with Crippen molar-refractivity contribution in [1.82, 2.24) is 24.3 Å². The first-order chi connectivity index (χ1) is 15.5. The second-order valence-corrected chi connectivity index (χ2v) is 7.68. The van der Waals surface area contributed by atoms with Crippen LogP contribution in [0.3, 0.4) is 0 Å². The molecular formula is C24H26N6O2. The first-order valence-corrected chi connectivity index (χ1v) is 10.6. The molecule has 3 aromatic heterocycles. The zero-order valence-electron chi connectivity index (χ0n) is 18.2. The molecule has 0 radical (unpaired) electrons. The maximum Gasteiger partial charge on any atom is 0.293 e. The number of hydrogen-bond acceptors (Lipinski definition) is 5. The van der Waals surface area contributed by atoms with E-state index in [9.17, 15) is 9.59 Å². The van der Waals surface area contributed by atoms with Crippen LogP contribution in [0.15, 0.2) is 65.8 Å². The molecule has 0 unspecified atom stereocenters. The van der Waals surface area contributed by atoms with Crippen LogP contribution in [0.4, 0.5) is 5.82 Å². The van der Waals surface area contributed by atoms with Crippen molar-refractivity contribution in [2.24, 2.45) is 0 Å². The number of nitrogens with zero attached hydrogens (tertiary/aromatic N) is 4. The van der Waals surface area contributed by atoms with E-state index in [4.69, 9.17) is 0 Å². The molecule has 0 spiro atoms. The molecular weight excluding hydrogens is 404 g/mol.